The molecule has 1 rings (SSSR count). The molecule has 0 radical (unpaired) electrons. The highest BCUT2D eigenvalue weighted by Gasteiger charge is 2.18. The second kappa shape index (κ2) is 4.93. The number of Topliss-reactive ketones (excluding diaryl/α,β-unsaturated/α-hetero) is 1. The van der Waals surface area contributed by atoms with Crippen molar-refractivity contribution in [3.63, 3.8) is 0 Å². The van der Waals surface area contributed by atoms with Crippen LogP contribution in [0.15, 0.2) is 17.0 Å². The van der Waals surface area contributed by atoms with E-state index < -0.39 is 15.8 Å². The lowest BCUT2D eigenvalue weighted by Crippen LogP contribution is -2.14. The summed E-state index contributed by atoms with van der Waals surface area (Å²) in [6, 6.07) is 2.22. The van der Waals surface area contributed by atoms with E-state index in [1.807, 2.05) is 0 Å². The Kier molecular flexibility index (Phi) is 4.25. The fraction of sp³-hybridized carbons (Fsp3) is 0.125. The molecular formula is C8H7Cl2NO3S2. The molecule has 4 nitrogen and oxygen atoms in total. The molecule has 0 aromatic heterocycles. The van der Waals surface area contributed by atoms with Crippen LogP contribution >= 0.6 is 35.8 Å². The summed E-state index contributed by atoms with van der Waals surface area (Å²) in [7, 11) is -3.98. The minimum absolute atomic E-state index is 0.0325. The average molecular weight is 300 g/mol. The zero-order chi connectivity index (χ0) is 12.5. The Morgan fingerprint density at radius 2 is 1.88 bits per heavy atom. The summed E-state index contributed by atoms with van der Waals surface area (Å²) in [5.74, 6) is -0.499. The maximum Gasteiger partial charge on any atom is 0.239 e. The molecule has 0 atom stereocenters. The predicted octanol–water partition coefficient (Wildman–Crippen LogP) is 1.75. The summed E-state index contributed by atoms with van der Waals surface area (Å²) in [6.07, 6.45) is 0. The Hall–Kier alpha value is -0.270. The smallest absolute Gasteiger partial charge is 0.239 e. The van der Waals surface area contributed by atoms with Crippen LogP contribution in [-0.4, -0.2) is 20.0 Å². The van der Waals surface area contributed by atoms with Crippen LogP contribution in [0, 0.1) is 0 Å². The number of primary sulfonamides is 1. The zero-order valence-corrected chi connectivity index (χ0v) is 11.0. The zero-order valence-electron chi connectivity index (χ0n) is 7.78. The van der Waals surface area contributed by atoms with E-state index in [0.29, 0.717) is 0 Å². The molecule has 0 heterocycles. The quantitative estimate of drug-likeness (QED) is 0.659. The molecule has 88 valence electrons. The van der Waals surface area contributed by atoms with Gasteiger partial charge < -0.3 is 0 Å². The van der Waals surface area contributed by atoms with Crippen molar-refractivity contribution in [2.75, 3.05) is 5.75 Å². The van der Waals surface area contributed by atoms with Gasteiger partial charge in [0.25, 0.3) is 0 Å². The number of hydrogen-bond acceptors (Lipinski definition) is 4. The number of carbonyl (C=O) groups excluding carboxylic acids is 1. The summed E-state index contributed by atoms with van der Waals surface area (Å²) in [6.45, 7) is 0. The van der Waals surface area contributed by atoms with Crippen LogP contribution in [-0.2, 0) is 10.0 Å². The van der Waals surface area contributed by atoms with Gasteiger partial charge in [-0.25, -0.2) is 13.6 Å². The first-order valence-corrected chi connectivity index (χ1v) is 6.86. The topological polar surface area (TPSA) is 77.2 Å². The highest BCUT2D eigenvalue weighted by molar-refractivity contribution is 7.89. The summed E-state index contributed by atoms with van der Waals surface area (Å²) < 4.78 is 22.3. The van der Waals surface area contributed by atoms with Gasteiger partial charge in [0.1, 0.15) is 4.90 Å². The van der Waals surface area contributed by atoms with Crippen LogP contribution in [0.4, 0.5) is 0 Å². The first-order valence-electron chi connectivity index (χ1n) is 3.93. The second-order valence-corrected chi connectivity index (χ2v) is 5.55. The largest absolute Gasteiger partial charge is 0.293 e. The molecular weight excluding hydrogens is 293 g/mol. The first-order chi connectivity index (χ1) is 7.27. The van der Waals surface area contributed by atoms with E-state index in [9.17, 15) is 13.2 Å². The molecule has 0 bridgehead atoms. The number of thiol groups is 1. The minimum atomic E-state index is -3.98. The van der Waals surface area contributed by atoms with E-state index in [1.165, 1.54) is 6.07 Å². The van der Waals surface area contributed by atoms with Gasteiger partial charge in [-0.1, -0.05) is 23.2 Å². The third-order valence-electron chi connectivity index (χ3n) is 1.77. The maximum absolute atomic E-state index is 11.4. The fourth-order valence-corrected chi connectivity index (χ4v) is 2.64. The number of carbonyl (C=O) groups is 1. The standard InChI is InChI=1S/C8H7Cl2NO3S2/c9-5-2-6(10)8(16(11,13)14)1-4(5)7(12)3-15/h1-2,15H,3H2,(H2,11,13,14). The number of halogens is 2. The summed E-state index contributed by atoms with van der Waals surface area (Å²) in [5.41, 5.74) is 0.0325. The Morgan fingerprint density at radius 3 is 2.31 bits per heavy atom. The molecule has 0 amide bonds. The van der Waals surface area contributed by atoms with E-state index in [2.05, 4.69) is 12.6 Å². The van der Waals surface area contributed by atoms with Gasteiger partial charge in [-0.3, -0.25) is 4.79 Å². The first kappa shape index (κ1) is 13.8. The molecule has 2 N–H and O–H groups in total. The molecule has 0 aliphatic heterocycles. The molecule has 8 heteroatoms. The van der Waals surface area contributed by atoms with Crippen LogP contribution in [0.5, 0.6) is 0 Å². The maximum atomic E-state index is 11.4. The van der Waals surface area contributed by atoms with Crippen LogP contribution < -0.4 is 5.14 Å². The highest BCUT2D eigenvalue weighted by Crippen LogP contribution is 2.28. The van der Waals surface area contributed by atoms with Crippen molar-refractivity contribution in [1.82, 2.24) is 0 Å². The van der Waals surface area contributed by atoms with Gasteiger partial charge in [0.05, 0.1) is 15.8 Å². The normalized spacial score (nSPS) is 11.5. The van der Waals surface area contributed by atoms with Crippen LogP contribution in [0.2, 0.25) is 10.0 Å². The lowest BCUT2D eigenvalue weighted by molar-refractivity contribution is 0.102. The number of hydrogen-bond donors (Lipinski definition) is 2. The molecule has 0 saturated carbocycles. The Morgan fingerprint density at radius 1 is 1.31 bits per heavy atom. The third-order valence-corrected chi connectivity index (χ3v) is 3.75. The van der Waals surface area contributed by atoms with Gasteiger partial charge in [-0.05, 0) is 12.1 Å². The van der Waals surface area contributed by atoms with Gasteiger partial charge in [-0.15, -0.1) is 0 Å². The lowest BCUT2D eigenvalue weighted by atomic mass is 10.1. The molecule has 0 aliphatic rings. The Balaban J connectivity index is 3.51. The molecule has 0 aliphatic carbocycles. The number of benzene rings is 1. The average Bonchev–Trinajstić information content (AvgIpc) is 2.14. The molecule has 1 aromatic rings. The van der Waals surface area contributed by atoms with E-state index >= 15 is 0 Å². The van der Waals surface area contributed by atoms with Gasteiger partial charge in [0, 0.05) is 5.56 Å². The summed E-state index contributed by atoms with van der Waals surface area (Å²) in [5, 5.41) is 4.88. The van der Waals surface area contributed by atoms with Crippen molar-refractivity contribution in [3.05, 3.63) is 27.7 Å². The van der Waals surface area contributed by atoms with Crippen LogP contribution in [0.3, 0.4) is 0 Å². The van der Waals surface area contributed by atoms with Crippen molar-refractivity contribution in [3.8, 4) is 0 Å². The highest BCUT2D eigenvalue weighted by atomic mass is 35.5. The molecule has 0 fully saturated rings. The molecule has 16 heavy (non-hydrogen) atoms. The molecule has 0 spiro atoms. The van der Waals surface area contributed by atoms with Crippen molar-refractivity contribution in [2.24, 2.45) is 5.14 Å². The van der Waals surface area contributed by atoms with Crippen LogP contribution in [0.25, 0.3) is 0 Å². The van der Waals surface area contributed by atoms with Crippen molar-refractivity contribution >= 4 is 51.6 Å². The number of nitrogens with two attached hydrogens (primary N) is 1. The van der Waals surface area contributed by atoms with Crippen molar-refractivity contribution in [1.29, 1.82) is 0 Å². The third kappa shape index (κ3) is 2.89. The van der Waals surface area contributed by atoms with Gasteiger partial charge in [-0.2, -0.15) is 12.6 Å². The molecule has 0 saturated heterocycles. The van der Waals surface area contributed by atoms with Crippen molar-refractivity contribution in [2.45, 2.75) is 4.90 Å². The summed E-state index contributed by atoms with van der Waals surface area (Å²) in [4.78, 5) is 11.1. The van der Waals surface area contributed by atoms with Crippen molar-refractivity contribution < 1.29 is 13.2 Å². The van der Waals surface area contributed by atoms with Gasteiger partial charge >= 0.3 is 0 Å². The minimum Gasteiger partial charge on any atom is -0.293 e. The van der Waals surface area contributed by atoms with Crippen LogP contribution in [0.1, 0.15) is 10.4 Å². The number of sulfonamides is 1. The Bertz CT molecular complexity index is 542. The van der Waals surface area contributed by atoms with Gasteiger partial charge in [0.2, 0.25) is 10.0 Å². The molecule has 1 aromatic carbocycles. The summed E-state index contributed by atoms with van der Waals surface area (Å²) >= 11 is 15.2. The van der Waals surface area contributed by atoms with E-state index in [-0.39, 0.29) is 26.3 Å². The second-order valence-electron chi connectivity index (χ2n) is 2.89. The number of rotatable bonds is 3. The SMILES string of the molecule is NS(=O)(=O)c1cc(C(=O)CS)c(Cl)cc1Cl. The van der Waals surface area contributed by atoms with E-state index in [4.69, 9.17) is 28.3 Å². The fourth-order valence-electron chi connectivity index (χ4n) is 1.05. The Labute approximate surface area is 108 Å². The predicted molar refractivity (Wildman–Crippen MR) is 66.0 cm³/mol. The van der Waals surface area contributed by atoms with Gasteiger partial charge in [0.15, 0.2) is 5.78 Å². The van der Waals surface area contributed by atoms with E-state index in [0.717, 1.165) is 6.07 Å². The molecule has 0 unspecified atom stereocenters. The monoisotopic (exact) mass is 299 g/mol. The van der Waals surface area contributed by atoms with E-state index in [1.54, 1.807) is 0 Å². The lowest BCUT2D eigenvalue weighted by Gasteiger charge is -2.06. The number of ketones is 1.